The van der Waals surface area contributed by atoms with Crippen molar-refractivity contribution < 1.29 is 22.7 Å². The molecule has 1 aromatic carbocycles. The van der Waals surface area contributed by atoms with Gasteiger partial charge in [-0.15, -0.1) is 0 Å². The summed E-state index contributed by atoms with van der Waals surface area (Å²) in [6.45, 7) is 2.00. The fraction of sp³-hybridized carbons (Fsp3) is 0.650. The Morgan fingerprint density at radius 2 is 1.89 bits per heavy atom. The Labute approximate surface area is 158 Å². The number of alkyl halides is 3. The highest BCUT2D eigenvalue weighted by Crippen LogP contribution is 2.37. The second kappa shape index (κ2) is 8.95. The molecule has 0 radical (unpaired) electrons. The molecule has 3 rings (SSSR count). The molecule has 27 heavy (non-hydrogen) atoms. The van der Waals surface area contributed by atoms with Crippen molar-refractivity contribution in [1.82, 2.24) is 10.2 Å². The summed E-state index contributed by atoms with van der Waals surface area (Å²) < 4.78 is 44.6. The van der Waals surface area contributed by atoms with E-state index in [0.717, 1.165) is 37.9 Å². The third-order valence-electron chi connectivity index (χ3n) is 5.50. The van der Waals surface area contributed by atoms with Crippen LogP contribution >= 0.6 is 0 Å². The number of ether oxygens (including phenoxy) is 1. The largest absolute Gasteiger partial charge is 0.483 e. The summed E-state index contributed by atoms with van der Waals surface area (Å²) in [6.07, 6.45) is -0.357. The van der Waals surface area contributed by atoms with Crippen molar-refractivity contribution in [2.24, 2.45) is 5.92 Å². The van der Waals surface area contributed by atoms with Gasteiger partial charge in [-0.1, -0.05) is 24.6 Å². The summed E-state index contributed by atoms with van der Waals surface area (Å²) >= 11 is 0. The van der Waals surface area contributed by atoms with E-state index < -0.39 is 12.1 Å². The molecular weight excluding hydrogens is 357 g/mol. The number of benzene rings is 1. The molecule has 1 amide bonds. The molecule has 0 bridgehead atoms. The minimum absolute atomic E-state index is 0.00338. The molecule has 4 nitrogen and oxygen atoms in total. The zero-order chi connectivity index (χ0) is 19.3. The van der Waals surface area contributed by atoms with Crippen LogP contribution in [0.1, 0.15) is 44.1 Å². The molecule has 0 aromatic heterocycles. The fourth-order valence-electron chi connectivity index (χ4n) is 3.91. The number of nitrogens with zero attached hydrogens (tertiary/aromatic N) is 1. The lowest BCUT2D eigenvalue weighted by Gasteiger charge is -2.31. The number of rotatable bonds is 6. The number of nitrogens with one attached hydrogen (secondary N) is 1. The maximum absolute atomic E-state index is 13.0. The van der Waals surface area contributed by atoms with E-state index in [1.807, 2.05) is 18.2 Å². The van der Waals surface area contributed by atoms with Gasteiger partial charge < -0.3 is 15.0 Å². The van der Waals surface area contributed by atoms with Crippen LogP contribution in [0.5, 0.6) is 5.75 Å². The zero-order valence-electron chi connectivity index (χ0n) is 15.4. The van der Waals surface area contributed by atoms with Gasteiger partial charge in [0.2, 0.25) is 0 Å². The van der Waals surface area contributed by atoms with Crippen LogP contribution < -0.4 is 10.1 Å². The van der Waals surface area contributed by atoms with Crippen molar-refractivity contribution in [3.05, 3.63) is 29.8 Å². The fourth-order valence-corrected chi connectivity index (χ4v) is 3.91. The Hall–Kier alpha value is -1.76. The lowest BCUT2D eigenvalue weighted by Crippen LogP contribution is -2.38. The first-order valence-corrected chi connectivity index (χ1v) is 9.72. The molecule has 1 saturated carbocycles. The van der Waals surface area contributed by atoms with Crippen molar-refractivity contribution in [2.45, 2.75) is 57.3 Å². The summed E-state index contributed by atoms with van der Waals surface area (Å²) in [5.74, 6) is -0.621. The first kappa shape index (κ1) is 20.0. The summed E-state index contributed by atoms with van der Waals surface area (Å²) in [7, 11) is 0. The van der Waals surface area contributed by atoms with Crippen LogP contribution in [0.25, 0.3) is 0 Å². The quantitative estimate of drug-likeness (QED) is 0.809. The second-order valence-electron chi connectivity index (χ2n) is 7.47. The van der Waals surface area contributed by atoms with Crippen LogP contribution in [0.2, 0.25) is 0 Å². The first-order valence-electron chi connectivity index (χ1n) is 9.72. The van der Waals surface area contributed by atoms with E-state index in [0.29, 0.717) is 18.7 Å². The molecule has 7 heteroatoms. The second-order valence-corrected chi connectivity index (χ2v) is 7.47. The van der Waals surface area contributed by atoms with Crippen molar-refractivity contribution >= 4 is 5.91 Å². The first-order chi connectivity index (χ1) is 12.9. The van der Waals surface area contributed by atoms with Gasteiger partial charge in [0.25, 0.3) is 5.91 Å². The number of halogens is 3. The summed E-state index contributed by atoms with van der Waals surface area (Å²) in [5, 5.41) is 3.25. The number of likely N-dealkylation sites (tertiary alicyclic amines) is 1. The molecule has 150 valence electrons. The molecule has 1 saturated heterocycles. The number of carbonyl (C=O) groups is 1. The maximum Gasteiger partial charge on any atom is 0.391 e. The van der Waals surface area contributed by atoms with E-state index in [4.69, 9.17) is 4.74 Å². The summed E-state index contributed by atoms with van der Waals surface area (Å²) in [4.78, 5) is 13.9. The van der Waals surface area contributed by atoms with E-state index in [9.17, 15) is 18.0 Å². The van der Waals surface area contributed by atoms with Gasteiger partial charge in [-0.3, -0.25) is 4.79 Å². The smallest absolute Gasteiger partial charge is 0.391 e. The van der Waals surface area contributed by atoms with Crippen LogP contribution in [0.4, 0.5) is 13.2 Å². The van der Waals surface area contributed by atoms with Crippen LogP contribution in [-0.4, -0.2) is 42.7 Å². The van der Waals surface area contributed by atoms with Crippen LogP contribution in [-0.2, 0) is 11.3 Å². The highest BCUT2D eigenvalue weighted by atomic mass is 19.4. The van der Waals surface area contributed by atoms with Crippen LogP contribution in [0, 0.1) is 5.92 Å². The lowest BCUT2D eigenvalue weighted by molar-refractivity contribution is -0.183. The molecule has 1 heterocycles. The molecule has 2 aliphatic rings. The van der Waals surface area contributed by atoms with Crippen molar-refractivity contribution in [3.63, 3.8) is 0 Å². The monoisotopic (exact) mass is 384 g/mol. The van der Waals surface area contributed by atoms with Gasteiger partial charge in [-0.2, -0.15) is 13.2 Å². The topological polar surface area (TPSA) is 41.6 Å². The standard InChI is InChI=1S/C20H27F3N2O2/c21-20(22,23)16-7-5-8-17(12-16)24-13-15-6-1-2-9-18(15)27-14-19(26)25-10-3-4-11-25/h1-2,6,9,16-17,24H,3-5,7-8,10-14H2/t16-,17-/m1/s1. The van der Waals surface area contributed by atoms with E-state index in [1.165, 1.54) is 0 Å². The number of amides is 1. The Bertz CT molecular complexity index is 630. The van der Waals surface area contributed by atoms with E-state index in [-0.39, 0.29) is 31.4 Å². The summed E-state index contributed by atoms with van der Waals surface area (Å²) in [6, 6.07) is 7.23. The minimum atomic E-state index is -4.11. The van der Waals surface area contributed by atoms with Gasteiger partial charge >= 0.3 is 6.18 Å². The molecule has 1 aliphatic carbocycles. The van der Waals surface area contributed by atoms with Gasteiger partial charge in [0, 0.05) is 31.2 Å². The van der Waals surface area contributed by atoms with Crippen molar-refractivity contribution in [3.8, 4) is 5.75 Å². The molecule has 0 unspecified atom stereocenters. The Morgan fingerprint density at radius 3 is 2.63 bits per heavy atom. The molecule has 1 aromatic rings. The highest BCUT2D eigenvalue weighted by molar-refractivity contribution is 5.78. The molecular formula is C20H27F3N2O2. The van der Waals surface area contributed by atoms with Crippen molar-refractivity contribution in [2.75, 3.05) is 19.7 Å². The van der Waals surface area contributed by atoms with Gasteiger partial charge in [0.05, 0.1) is 5.92 Å². The molecule has 0 spiro atoms. The van der Waals surface area contributed by atoms with E-state index in [1.54, 1.807) is 11.0 Å². The maximum atomic E-state index is 13.0. The van der Waals surface area contributed by atoms with Crippen LogP contribution in [0.3, 0.4) is 0 Å². The van der Waals surface area contributed by atoms with Crippen LogP contribution in [0.15, 0.2) is 24.3 Å². The minimum Gasteiger partial charge on any atom is -0.483 e. The molecule has 1 N–H and O–H groups in total. The predicted molar refractivity (Wildman–Crippen MR) is 96.4 cm³/mol. The average Bonchev–Trinajstić information content (AvgIpc) is 3.19. The van der Waals surface area contributed by atoms with Crippen molar-refractivity contribution in [1.29, 1.82) is 0 Å². The van der Waals surface area contributed by atoms with E-state index >= 15 is 0 Å². The Kier molecular flexibility index (Phi) is 6.63. The van der Waals surface area contributed by atoms with Gasteiger partial charge in [-0.05, 0) is 38.2 Å². The Morgan fingerprint density at radius 1 is 1.15 bits per heavy atom. The van der Waals surface area contributed by atoms with Gasteiger partial charge in [-0.25, -0.2) is 0 Å². The molecule has 1 aliphatic heterocycles. The van der Waals surface area contributed by atoms with Gasteiger partial charge in [0.15, 0.2) is 6.61 Å². The number of para-hydroxylation sites is 1. The third kappa shape index (κ3) is 5.61. The predicted octanol–water partition coefficient (Wildman–Crippen LogP) is 3.90. The molecule has 2 fully saturated rings. The number of carbonyl (C=O) groups excluding carboxylic acids is 1. The van der Waals surface area contributed by atoms with E-state index in [2.05, 4.69) is 5.32 Å². The SMILES string of the molecule is O=C(COc1ccccc1CN[C@@H]1CCC[C@@H](C(F)(F)F)C1)N1CCCC1. The number of hydrogen-bond acceptors (Lipinski definition) is 3. The Balaban J connectivity index is 1.52. The third-order valence-corrected chi connectivity index (χ3v) is 5.50. The molecule has 2 atom stereocenters. The number of hydrogen-bond donors (Lipinski definition) is 1. The highest BCUT2D eigenvalue weighted by Gasteiger charge is 2.42. The zero-order valence-corrected chi connectivity index (χ0v) is 15.4. The summed E-state index contributed by atoms with van der Waals surface area (Å²) in [5.41, 5.74) is 0.862. The normalized spacial score (nSPS) is 23.4. The lowest BCUT2D eigenvalue weighted by atomic mass is 9.85. The average molecular weight is 384 g/mol. The van der Waals surface area contributed by atoms with Gasteiger partial charge in [0.1, 0.15) is 5.75 Å².